The number of nitrogens with zero attached hydrogens (tertiary/aromatic N) is 2. The topological polar surface area (TPSA) is 125 Å². The molecule has 0 aliphatic rings. The average Bonchev–Trinajstić information content (AvgIpc) is 2.57. The Balaban J connectivity index is 2.04. The number of carbonyl (C=O) groups is 1. The van der Waals surface area contributed by atoms with E-state index >= 15 is 0 Å². The van der Waals surface area contributed by atoms with Gasteiger partial charge in [-0.1, -0.05) is 29.3 Å². The lowest BCUT2D eigenvalue weighted by Gasteiger charge is -2.10. The summed E-state index contributed by atoms with van der Waals surface area (Å²) in [7, 11) is 0. The summed E-state index contributed by atoms with van der Waals surface area (Å²) in [5.41, 5.74) is 6.22. The lowest BCUT2D eigenvalue weighted by Crippen LogP contribution is -2.17. The zero-order chi connectivity index (χ0) is 17.5. The van der Waals surface area contributed by atoms with Crippen molar-refractivity contribution in [3.8, 4) is 5.88 Å². The second kappa shape index (κ2) is 8.65. The highest BCUT2D eigenvalue weighted by Gasteiger charge is 2.17. The monoisotopic (exact) mass is 371 g/mol. The van der Waals surface area contributed by atoms with Crippen LogP contribution in [0.3, 0.4) is 0 Å². The molecule has 1 aromatic heterocycles. The molecule has 0 saturated heterocycles. The number of rotatable bonds is 7. The second-order valence-corrected chi connectivity index (χ2v) is 5.38. The van der Waals surface area contributed by atoms with E-state index < -0.39 is 5.97 Å². The molecule has 0 fully saturated rings. The van der Waals surface area contributed by atoms with E-state index in [2.05, 4.69) is 20.1 Å². The molecule has 0 amide bonds. The van der Waals surface area contributed by atoms with Crippen LogP contribution >= 0.6 is 23.2 Å². The van der Waals surface area contributed by atoms with Crippen LogP contribution in [0, 0.1) is 0 Å². The largest absolute Gasteiger partial charge is 0.461 e. The van der Waals surface area contributed by atoms with Crippen molar-refractivity contribution >= 4 is 35.1 Å². The minimum atomic E-state index is -0.821. The summed E-state index contributed by atoms with van der Waals surface area (Å²) in [5.74, 6) is 4.27. The van der Waals surface area contributed by atoms with Crippen molar-refractivity contribution in [1.82, 2.24) is 9.97 Å². The Morgan fingerprint density at radius 1 is 1.33 bits per heavy atom. The highest BCUT2D eigenvalue weighted by molar-refractivity contribution is 6.35. The molecule has 0 saturated carbocycles. The molecule has 5 N–H and O–H groups in total. The van der Waals surface area contributed by atoms with E-state index in [1.165, 1.54) is 6.20 Å². The SMILES string of the molecule is NCOc1nc(NCCc2ccc(Cl)cc2Cl)ncc1C(=O)ON. The summed E-state index contributed by atoms with van der Waals surface area (Å²) in [6.07, 6.45) is 1.86. The van der Waals surface area contributed by atoms with Gasteiger partial charge in [0, 0.05) is 16.6 Å². The Morgan fingerprint density at radius 2 is 2.12 bits per heavy atom. The fraction of sp³-hybridized carbons (Fsp3) is 0.214. The molecule has 8 nitrogen and oxygen atoms in total. The first-order chi connectivity index (χ1) is 11.5. The predicted molar refractivity (Wildman–Crippen MR) is 90.0 cm³/mol. The Hall–Kier alpha value is -2.13. The van der Waals surface area contributed by atoms with Gasteiger partial charge in [-0.2, -0.15) is 10.9 Å². The number of ether oxygens (including phenoxy) is 1. The highest BCUT2D eigenvalue weighted by Crippen LogP contribution is 2.21. The highest BCUT2D eigenvalue weighted by atomic mass is 35.5. The third-order valence-corrected chi connectivity index (χ3v) is 3.58. The molecule has 128 valence electrons. The number of carbonyl (C=O) groups excluding carboxylic acids is 1. The minimum Gasteiger partial charge on any atom is -0.461 e. The maximum absolute atomic E-state index is 11.5. The first-order valence-corrected chi connectivity index (χ1v) is 7.59. The summed E-state index contributed by atoms with van der Waals surface area (Å²) in [6.45, 7) is 0.339. The van der Waals surface area contributed by atoms with E-state index in [-0.39, 0.29) is 24.1 Å². The number of nitrogens with one attached hydrogen (secondary N) is 1. The average molecular weight is 372 g/mol. The molecule has 1 heterocycles. The summed E-state index contributed by atoms with van der Waals surface area (Å²) < 4.78 is 5.09. The van der Waals surface area contributed by atoms with Crippen LogP contribution in [0.5, 0.6) is 5.88 Å². The molecule has 0 aliphatic heterocycles. The number of aromatic nitrogens is 2. The van der Waals surface area contributed by atoms with Crippen molar-refractivity contribution in [3.63, 3.8) is 0 Å². The van der Waals surface area contributed by atoms with E-state index in [9.17, 15) is 4.79 Å². The fourth-order valence-electron chi connectivity index (χ4n) is 1.88. The summed E-state index contributed by atoms with van der Waals surface area (Å²) >= 11 is 12.0. The first-order valence-electron chi connectivity index (χ1n) is 6.84. The van der Waals surface area contributed by atoms with Crippen molar-refractivity contribution < 1.29 is 14.4 Å². The lowest BCUT2D eigenvalue weighted by atomic mass is 10.1. The molecule has 0 aliphatic carbocycles. The molecule has 2 aromatic rings. The number of anilines is 1. The lowest BCUT2D eigenvalue weighted by molar-refractivity contribution is 0.0497. The Morgan fingerprint density at radius 3 is 2.79 bits per heavy atom. The molecule has 0 atom stereocenters. The van der Waals surface area contributed by atoms with Crippen LogP contribution in [0.25, 0.3) is 0 Å². The Kier molecular flexibility index (Phi) is 6.56. The predicted octanol–water partition coefficient (Wildman–Crippen LogP) is 1.76. The molecule has 0 unspecified atom stereocenters. The Labute approximate surface area is 148 Å². The Bertz CT molecular complexity index is 730. The van der Waals surface area contributed by atoms with Gasteiger partial charge in [0.2, 0.25) is 11.8 Å². The summed E-state index contributed by atoms with van der Waals surface area (Å²) in [4.78, 5) is 23.7. The van der Waals surface area contributed by atoms with Crippen LogP contribution in [0.2, 0.25) is 10.0 Å². The number of nitrogens with two attached hydrogens (primary N) is 2. The first kappa shape index (κ1) is 18.2. The zero-order valence-electron chi connectivity index (χ0n) is 12.5. The van der Waals surface area contributed by atoms with E-state index in [4.69, 9.17) is 39.6 Å². The van der Waals surface area contributed by atoms with Gasteiger partial charge in [-0.05, 0) is 24.1 Å². The molecule has 2 rings (SSSR count). The van der Waals surface area contributed by atoms with E-state index in [0.29, 0.717) is 23.0 Å². The quantitative estimate of drug-likeness (QED) is 0.496. The maximum atomic E-state index is 11.5. The van der Waals surface area contributed by atoms with Gasteiger partial charge in [-0.25, -0.2) is 9.78 Å². The molecule has 1 aromatic carbocycles. The normalized spacial score (nSPS) is 10.3. The van der Waals surface area contributed by atoms with Crippen molar-refractivity contribution in [2.24, 2.45) is 11.6 Å². The third kappa shape index (κ3) is 4.68. The fourth-order valence-corrected chi connectivity index (χ4v) is 2.38. The maximum Gasteiger partial charge on any atom is 0.363 e. The van der Waals surface area contributed by atoms with Crippen LogP contribution in [0.1, 0.15) is 15.9 Å². The molecular weight excluding hydrogens is 357 g/mol. The van der Waals surface area contributed by atoms with Gasteiger partial charge in [0.1, 0.15) is 12.3 Å². The molecule has 0 radical (unpaired) electrons. The van der Waals surface area contributed by atoms with Crippen LogP contribution < -0.4 is 21.7 Å². The number of halogens is 2. The smallest absolute Gasteiger partial charge is 0.363 e. The standard InChI is InChI=1S/C14H15Cl2N5O3/c15-9-2-1-8(11(16)5-9)3-4-19-14-20-6-10(13(22)24-18)12(21-14)23-7-17/h1-2,5-6H,3-4,7,17-18H2,(H,19,20,21). The van der Waals surface area contributed by atoms with Crippen LogP contribution in [0.4, 0.5) is 5.95 Å². The van der Waals surface area contributed by atoms with E-state index in [1.54, 1.807) is 12.1 Å². The number of hydrogen-bond donors (Lipinski definition) is 3. The van der Waals surface area contributed by atoms with Gasteiger partial charge >= 0.3 is 5.97 Å². The minimum absolute atomic E-state index is 0.0185. The van der Waals surface area contributed by atoms with Gasteiger partial charge in [0.05, 0.1) is 6.20 Å². The van der Waals surface area contributed by atoms with Gasteiger partial charge in [0.15, 0.2) is 0 Å². The van der Waals surface area contributed by atoms with Crippen molar-refractivity contribution in [2.75, 3.05) is 18.6 Å². The second-order valence-electron chi connectivity index (χ2n) is 4.54. The number of benzene rings is 1. The van der Waals surface area contributed by atoms with Gasteiger partial charge in [-0.3, -0.25) is 5.73 Å². The van der Waals surface area contributed by atoms with Crippen LogP contribution in [-0.2, 0) is 11.3 Å². The molecule has 0 bridgehead atoms. The van der Waals surface area contributed by atoms with Gasteiger partial charge in [-0.15, -0.1) is 0 Å². The van der Waals surface area contributed by atoms with Crippen molar-refractivity contribution in [2.45, 2.75) is 6.42 Å². The molecule has 0 spiro atoms. The summed E-state index contributed by atoms with van der Waals surface area (Å²) in [6, 6.07) is 5.28. The van der Waals surface area contributed by atoms with Crippen LogP contribution in [0.15, 0.2) is 24.4 Å². The molecular formula is C14H15Cl2N5O3. The summed E-state index contributed by atoms with van der Waals surface area (Å²) in [5, 5.41) is 4.16. The van der Waals surface area contributed by atoms with Gasteiger partial charge in [0.25, 0.3) is 0 Å². The zero-order valence-corrected chi connectivity index (χ0v) is 14.0. The van der Waals surface area contributed by atoms with E-state index in [1.807, 2.05) is 6.07 Å². The number of hydrogen-bond acceptors (Lipinski definition) is 8. The van der Waals surface area contributed by atoms with Gasteiger partial charge < -0.3 is 14.9 Å². The molecule has 24 heavy (non-hydrogen) atoms. The van der Waals surface area contributed by atoms with Crippen molar-refractivity contribution in [1.29, 1.82) is 0 Å². The van der Waals surface area contributed by atoms with E-state index in [0.717, 1.165) is 5.56 Å². The van der Waals surface area contributed by atoms with Crippen LogP contribution in [-0.4, -0.2) is 29.2 Å². The third-order valence-electron chi connectivity index (χ3n) is 2.99. The van der Waals surface area contributed by atoms with Crippen molar-refractivity contribution in [3.05, 3.63) is 45.6 Å². The molecule has 10 heteroatoms.